The second-order valence-corrected chi connectivity index (χ2v) is 5.90. The number of nitrogens with one attached hydrogen (secondary N) is 1. The molecule has 0 amide bonds. The lowest BCUT2D eigenvalue weighted by Crippen LogP contribution is -2.24. The summed E-state index contributed by atoms with van der Waals surface area (Å²) in [5.41, 5.74) is 2.35. The molecule has 0 saturated carbocycles. The molecule has 1 N–H and O–H groups in total. The Kier molecular flexibility index (Phi) is 2.80. The molecule has 1 aromatic heterocycles. The molecule has 0 saturated heterocycles. The SMILES string of the molecule is CC(C)c1cc2n(n1)C(c1ccc3c(c1)OCO3)CCN2. The van der Waals surface area contributed by atoms with Gasteiger partial charge >= 0.3 is 0 Å². The first kappa shape index (κ1) is 12.6. The Balaban J connectivity index is 1.74. The van der Waals surface area contributed by atoms with E-state index in [1.165, 1.54) is 5.56 Å². The fraction of sp³-hybridized carbons (Fsp3) is 0.438. The zero-order chi connectivity index (χ0) is 14.4. The van der Waals surface area contributed by atoms with Gasteiger partial charge in [-0.15, -0.1) is 0 Å². The molecule has 0 spiro atoms. The zero-order valence-electron chi connectivity index (χ0n) is 12.3. The van der Waals surface area contributed by atoms with Crippen LogP contribution in [0.3, 0.4) is 0 Å². The Bertz CT molecular complexity index is 678. The van der Waals surface area contributed by atoms with Gasteiger partial charge in [0.15, 0.2) is 11.5 Å². The van der Waals surface area contributed by atoms with E-state index in [1.807, 2.05) is 6.07 Å². The lowest BCUT2D eigenvalue weighted by molar-refractivity contribution is 0.174. The molecule has 4 rings (SSSR count). The van der Waals surface area contributed by atoms with Gasteiger partial charge in [-0.25, -0.2) is 4.68 Å². The van der Waals surface area contributed by atoms with Crippen molar-refractivity contribution in [2.45, 2.75) is 32.2 Å². The molecule has 1 aromatic carbocycles. The molecule has 1 unspecified atom stereocenters. The normalized spacial score (nSPS) is 19.5. The minimum Gasteiger partial charge on any atom is -0.454 e. The Labute approximate surface area is 123 Å². The Hall–Kier alpha value is -2.17. The van der Waals surface area contributed by atoms with Crippen molar-refractivity contribution in [3.63, 3.8) is 0 Å². The highest BCUT2D eigenvalue weighted by molar-refractivity contribution is 5.47. The van der Waals surface area contributed by atoms with Gasteiger partial charge in [-0.3, -0.25) is 0 Å². The molecular formula is C16H19N3O2. The molecule has 110 valence electrons. The number of fused-ring (bicyclic) bond motifs is 2. The van der Waals surface area contributed by atoms with E-state index in [4.69, 9.17) is 14.6 Å². The second kappa shape index (κ2) is 4.69. The van der Waals surface area contributed by atoms with E-state index in [9.17, 15) is 0 Å². The summed E-state index contributed by atoms with van der Waals surface area (Å²) in [6.07, 6.45) is 1.02. The summed E-state index contributed by atoms with van der Waals surface area (Å²) in [6.45, 7) is 5.62. The van der Waals surface area contributed by atoms with Gasteiger partial charge in [0.05, 0.1) is 11.7 Å². The van der Waals surface area contributed by atoms with Gasteiger partial charge in [0.25, 0.3) is 0 Å². The van der Waals surface area contributed by atoms with Gasteiger partial charge < -0.3 is 14.8 Å². The van der Waals surface area contributed by atoms with Crippen molar-refractivity contribution in [3.05, 3.63) is 35.5 Å². The van der Waals surface area contributed by atoms with Crippen molar-refractivity contribution >= 4 is 5.82 Å². The summed E-state index contributed by atoms with van der Waals surface area (Å²) in [4.78, 5) is 0. The Morgan fingerprint density at radius 2 is 2.10 bits per heavy atom. The second-order valence-electron chi connectivity index (χ2n) is 5.90. The monoisotopic (exact) mass is 285 g/mol. The van der Waals surface area contributed by atoms with E-state index in [2.05, 4.69) is 42.0 Å². The molecule has 3 heterocycles. The maximum Gasteiger partial charge on any atom is 0.231 e. The third kappa shape index (κ3) is 2.04. The van der Waals surface area contributed by atoms with Crippen molar-refractivity contribution < 1.29 is 9.47 Å². The number of rotatable bonds is 2. The maximum absolute atomic E-state index is 5.49. The van der Waals surface area contributed by atoms with E-state index in [-0.39, 0.29) is 6.04 Å². The molecule has 21 heavy (non-hydrogen) atoms. The largest absolute Gasteiger partial charge is 0.454 e. The summed E-state index contributed by atoms with van der Waals surface area (Å²) < 4.78 is 13.0. The van der Waals surface area contributed by atoms with Crippen LogP contribution >= 0.6 is 0 Å². The van der Waals surface area contributed by atoms with Crippen LogP contribution in [0.25, 0.3) is 0 Å². The highest BCUT2D eigenvalue weighted by Crippen LogP contribution is 2.38. The fourth-order valence-electron chi connectivity index (χ4n) is 2.95. The number of ether oxygens (including phenoxy) is 2. The van der Waals surface area contributed by atoms with Crippen molar-refractivity contribution in [3.8, 4) is 11.5 Å². The van der Waals surface area contributed by atoms with Crippen LogP contribution in [0.2, 0.25) is 0 Å². The van der Waals surface area contributed by atoms with E-state index >= 15 is 0 Å². The summed E-state index contributed by atoms with van der Waals surface area (Å²) >= 11 is 0. The van der Waals surface area contributed by atoms with Crippen LogP contribution < -0.4 is 14.8 Å². The van der Waals surface area contributed by atoms with E-state index in [1.54, 1.807) is 0 Å². The van der Waals surface area contributed by atoms with Crippen molar-refractivity contribution in [1.82, 2.24) is 9.78 Å². The van der Waals surface area contributed by atoms with Crippen LogP contribution in [-0.2, 0) is 0 Å². The first-order chi connectivity index (χ1) is 10.2. The molecule has 5 nitrogen and oxygen atoms in total. The van der Waals surface area contributed by atoms with Crippen LogP contribution in [0, 0.1) is 0 Å². The molecule has 1 atom stereocenters. The first-order valence-electron chi connectivity index (χ1n) is 7.45. The maximum atomic E-state index is 5.49. The molecule has 0 aliphatic carbocycles. The molecule has 5 heteroatoms. The molecule has 2 aliphatic rings. The number of anilines is 1. The quantitative estimate of drug-likeness (QED) is 0.921. The Morgan fingerprint density at radius 3 is 2.95 bits per heavy atom. The van der Waals surface area contributed by atoms with E-state index < -0.39 is 0 Å². The minimum atomic E-state index is 0.253. The van der Waals surface area contributed by atoms with Crippen LogP contribution in [0.4, 0.5) is 5.82 Å². The number of hydrogen-bond acceptors (Lipinski definition) is 4. The standard InChI is InChI=1S/C16H19N3O2/c1-10(2)12-8-16-17-6-5-13(19(16)18-12)11-3-4-14-15(7-11)21-9-20-14/h3-4,7-8,10,13,17H,5-6,9H2,1-2H3. The van der Waals surface area contributed by atoms with E-state index in [0.29, 0.717) is 12.7 Å². The van der Waals surface area contributed by atoms with Crippen LogP contribution in [0.15, 0.2) is 24.3 Å². The van der Waals surface area contributed by atoms with Gasteiger partial charge in [-0.1, -0.05) is 19.9 Å². The zero-order valence-corrected chi connectivity index (χ0v) is 12.3. The van der Waals surface area contributed by atoms with Gasteiger partial charge in [-0.05, 0) is 30.0 Å². The van der Waals surface area contributed by atoms with Crippen LogP contribution in [0.5, 0.6) is 11.5 Å². The summed E-state index contributed by atoms with van der Waals surface area (Å²) in [5, 5.41) is 8.22. The lowest BCUT2D eigenvalue weighted by atomic mass is 10.0. The van der Waals surface area contributed by atoms with Crippen LogP contribution in [-0.4, -0.2) is 23.1 Å². The molecule has 0 bridgehead atoms. The summed E-state index contributed by atoms with van der Waals surface area (Å²) in [5.74, 6) is 3.20. The molecule has 2 aromatic rings. The third-order valence-corrected chi connectivity index (χ3v) is 4.15. The van der Waals surface area contributed by atoms with Gasteiger partial charge in [0, 0.05) is 12.6 Å². The van der Waals surface area contributed by atoms with E-state index in [0.717, 1.165) is 36.0 Å². The van der Waals surface area contributed by atoms with Gasteiger partial charge in [-0.2, -0.15) is 5.10 Å². The number of aromatic nitrogens is 2. The lowest BCUT2D eigenvalue weighted by Gasteiger charge is -2.26. The molecule has 0 fully saturated rings. The van der Waals surface area contributed by atoms with Gasteiger partial charge in [0.2, 0.25) is 6.79 Å². The fourth-order valence-corrected chi connectivity index (χ4v) is 2.95. The topological polar surface area (TPSA) is 48.3 Å². The highest BCUT2D eigenvalue weighted by Gasteiger charge is 2.25. The van der Waals surface area contributed by atoms with Crippen molar-refractivity contribution in [1.29, 1.82) is 0 Å². The molecule has 2 aliphatic heterocycles. The van der Waals surface area contributed by atoms with Crippen molar-refractivity contribution in [2.24, 2.45) is 0 Å². The number of benzene rings is 1. The minimum absolute atomic E-state index is 0.253. The highest BCUT2D eigenvalue weighted by atomic mass is 16.7. The number of nitrogens with zero attached hydrogens (tertiary/aromatic N) is 2. The summed E-state index contributed by atoms with van der Waals surface area (Å²) in [6, 6.07) is 8.60. The van der Waals surface area contributed by atoms with Crippen molar-refractivity contribution in [2.75, 3.05) is 18.7 Å². The number of hydrogen-bond donors (Lipinski definition) is 1. The average Bonchev–Trinajstić information content (AvgIpc) is 3.12. The predicted octanol–water partition coefficient (Wildman–Crippen LogP) is 3.14. The third-order valence-electron chi connectivity index (χ3n) is 4.15. The van der Waals surface area contributed by atoms with Crippen LogP contribution in [0.1, 0.15) is 43.5 Å². The molecule has 0 radical (unpaired) electrons. The Morgan fingerprint density at radius 1 is 1.24 bits per heavy atom. The smallest absolute Gasteiger partial charge is 0.231 e. The predicted molar refractivity (Wildman–Crippen MR) is 80.1 cm³/mol. The molecular weight excluding hydrogens is 266 g/mol. The first-order valence-corrected chi connectivity index (χ1v) is 7.45. The summed E-state index contributed by atoms with van der Waals surface area (Å²) in [7, 11) is 0. The average molecular weight is 285 g/mol. The van der Waals surface area contributed by atoms with Gasteiger partial charge in [0.1, 0.15) is 5.82 Å².